The fourth-order valence-electron chi connectivity index (χ4n) is 2.06. The number of hydrogen-bond acceptors (Lipinski definition) is 2. The van der Waals surface area contributed by atoms with Gasteiger partial charge in [-0.2, -0.15) is 0 Å². The molecule has 1 aromatic rings. The molecule has 0 aliphatic carbocycles. The Kier molecular flexibility index (Phi) is 4.64. The average Bonchev–Trinajstić information content (AvgIpc) is 2.38. The summed E-state index contributed by atoms with van der Waals surface area (Å²) in [5.41, 5.74) is 1.24. The van der Waals surface area contributed by atoms with Crippen LogP contribution in [0.2, 0.25) is 0 Å². The Balaban J connectivity index is 1.77. The van der Waals surface area contributed by atoms with Crippen LogP contribution in [0.1, 0.15) is 17.4 Å². The molecule has 0 amide bonds. The van der Waals surface area contributed by atoms with E-state index in [1.165, 1.54) is 5.56 Å². The van der Waals surface area contributed by atoms with Crippen LogP contribution in [0.3, 0.4) is 0 Å². The largest absolute Gasteiger partial charge is 0.314 e. The molecule has 2 rings (SSSR count). The van der Waals surface area contributed by atoms with Gasteiger partial charge in [0.15, 0.2) is 0 Å². The Hall–Kier alpha value is -0.570. The minimum absolute atomic E-state index is 0.149. The van der Waals surface area contributed by atoms with E-state index in [1.807, 2.05) is 6.07 Å². The molecular formula is C13H19ClN2. The first-order valence-electron chi connectivity index (χ1n) is 5.98. The van der Waals surface area contributed by atoms with Crippen LogP contribution >= 0.6 is 11.6 Å². The van der Waals surface area contributed by atoms with Crippen LogP contribution in [-0.4, -0.2) is 37.6 Å². The van der Waals surface area contributed by atoms with Crippen molar-refractivity contribution in [1.82, 2.24) is 10.2 Å². The first-order chi connectivity index (χ1) is 7.86. The topological polar surface area (TPSA) is 15.3 Å². The zero-order valence-electron chi connectivity index (χ0n) is 9.53. The van der Waals surface area contributed by atoms with Crippen molar-refractivity contribution in [1.29, 1.82) is 0 Å². The molecule has 0 spiro atoms. The average molecular weight is 239 g/mol. The first-order valence-corrected chi connectivity index (χ1v) is 6.42. The predicted octanol–water partition coefficient (Wildman–Crippen LogP) is 2.26. The molecule has 3 heteroatoms. The lowest BCUT2D eigenvalue weighted by Gasteiger charge is -2.27. The molecule has 1 aliphatic heterocycles. The maximum atomic E-state index is 6.38. The van der Waals surface area contributed by atoms with Gasteiger partial charge in [0.2, 0.25) is 0 Å². The van der Waals surface area contributed by atoms with E-state index in [0.717, 1.165) is 39.1 Å². The summed E-state index contributed by atoms with van der Waals surface area (Å²) in [4.78, 5) is 2.48. The van der Waals surface area contributed by atoms with Gasteiger partial charge in [-0.05, 0) is 18.5 Å². The van der Waals surface area contributed by atoms with E-state index in [9.17, 15) is 0 Å². The van der Waals surface area contributed by atoms with Gasteiger partial charge in [-0.15, -0.1) is 11.6 Å². The first kappa shape index (κ1) is 11.9. The van der Waals surface area contributed by atoms with Crippen molar-refractivity contribution in [2.24, 2.45) is 0 Å². The molecule has 1 N–H and O–H groups in total. The molecule has 0 radical (unpaired) electrons. The van der Waals surface area contributed by atoms with E-state index in [4.69, 9.17) is 11.6 Å². The quantitative estimate of drug-likeness (QED) is 0.810. The highest BCUT2D eigenvalue weighted by Gasteiger charge is 2.12. The van der Waals surface area contributed by atoms with E-state index in [2.05, 4.69) is 34.5 Å². The second-order valence-electron chi connectivity index (χ2n) is 4.26. The molecule has 1 unspecified atom stereocenters. The van der Waals surface area contributed by atoms with E-state index in [0.29, 0.717) is 0 Å². The summed E-state index contributed by atoms with van der Waals surface area (Å²) in [6.07, 6.45) is 1.03. The van der Waals surface area contributed by atoms with Crippen LogP contribution < -0.4 is 5.32 Å². The van der Waals surface area contributed by atoms with Crippen LogP contribution in [-0.2, 0) is 0 Å². The third-order valence-electron chi connectivity index (χ3n) is 3.07. The summed E-state index contributed by atoms with van der Waals surface area (Å²) in [5.74, 6) is 0. The number of rotatable bonds is 4. The number of benzene rings is 1. The summed E-state index contributed by atoms with van der Waals surface area (Å²) in [5, 5.41) is 3.51. The molecule has 0 saturated carbocycles. The van der Waals surface area contributed by atoms with E-state index in [1.54, 1.807) is 0 Å². The fraction of sp³-hybridized carbons (Fsp3) is 0.538. The second kappa shape index (κ2) is 6.24. The molecule has 2 nitrogen and oxygen atoms in total. The Morgan fingerprint density at radius 1 is 1.19 bits per heavy atom. The van der Waals surface area contributed by atoms with Gasteiger partial charge in [0.05, 0.1) is 5.38 Å². The van der Waals surface area contributed by atoms with Gasteiger partial charge in [0, 0.05) is 26.2 Å². The van der Waals surface area contributed by atoms with Crippen molar-refractivity contribution in [2.45, 2.75) is 11.8 Å². The normalized spacial score (nSPS) is 19.6. The Labute approximate surface area is 103 Å². The zero-order chi connectivity index (χ0) is 11.2. The molecule has 1 atom stereocenters. The third kappa shape index (κ3) is 3.48. The maximum Gasteiger partial charge on any atom is 0.0597 e. The highest BCUT2D eigenvalue weighted by molar-refractivity contribution is 6.20. The molecule has 1 saturated heterocycles. The monoisotopic (exact) mass is 238 g/mol. The summed E-state index contributed by atoms with van der Waals surface area (Å²) >= 11 is 6.38. The summed E-state index contributed by atoms with van der Waals surface area (Å²) in [6.45, 7) is 5.62. The lowest BCUT2D eigenvalue weighted by Crippen LogP contribution is -2.43. The molecule has 0 bridgehead atoms. The smallest absolute Gasteiger partial charge is 0.0597 e. The predicted molar refractivity (Wildman–Crippen MR) is 69.0 cm³/mol. The fourth-order valence-corrected chi connectivity index (χ4v) is 2.30. The van der Waals surface area contributed by atoms with Crippen LogP contribution in [0.4, 0.5) is 0 Å². The Morgan fingerprint density at radius 2 is 1.88 bits per heavy atom. The molecule has 1 aromatic carbocycles. The van der Waals surface area contributed by atoms with Gasteiger partial charge in [-0.3, -0.25) is 0 Å². The van der Waals surface area contributed by atoms with E-state index in [-0.39, 0.29) is 5.38 Å². The molecule has 0 aromatic heterocycles. The molecule has 1 fully saturated rings. The highest BCUT2D eigenvalue weighted by atomic mass is 35.5. The van der Waals surface area contributed by atoms with E-state index >= 15 is 0 Å². The molecule has 16 heavy (non-hydrogen) atoms. The zero-order valence-corrected chi connectivity index (χ0v) is 10.3. The molecule has 1 aliphatic rings. The maximum absolute atomic E-state index is 6.38. The van der Waals surface area contributed by atoms with Gasteiger partial charge in [0.25, 0.3) is 0 Å². The van der Waals surface area contributed by atoms with Crippen molar-refractivity contribution < 1.29 is 0 Å². The van der Waals surface area contributed by atoms with E-state index < -0.39 is 0 Å². The molecular weight excluding hydrogens is 220 g/mol. The second-order valence-corrected chi connectivity index (χ2v) is 4.79. The van der Waals surface area contributed by atoms with Gasteiger partial charge in [-0.1, -0.05) is 30.3 Å². The highest BCUT2D eigenvalue weighted by Crippen LogP contribution is 2.23. The van der Waals surface area contributed by atoms with Gasteiger partial charge in [0.1, 0.15) is 0 Å². The number of alkyl halides is 1. The molecule has 1 heterocycles. The van der Waals surface area contributed by atoms with Crippen molar-refractivity contribution >= 4 is 11.6 Å². The van der Waals surface area contributed by atoms with Crippen LogP contribution in [0.25, 0.3) is 0 Å². The number of hydrogen-bond donors (Lipinski definition) is 1. The van der Waals surface area contributed by atoms with Crippen LogP contribution in [0.15, 0.2) is 30.3 Å². The standard InChI is InChI=1S/C13H19ClN2/c14-13(12-4-2-1-3-5-12)6-9-16-10-7-15-8-11-16/h1-5,13,15H,6-11H2. The lowest BCUT2D eigenvalue weighted by atomic mass is 10.1. The SMILES string of the molecule is ClC(CCN1CCNCC1)c1ccccc1. The summed E-state index contributed by atoms with van der Waals surface area (Å²) in [6, 6.07) is 10.3. The lowest BCUT2D eigenvalue weighted by molar-refractivity contribution is 0.237. The summed E-state index contributed by atoms with van der Waals surface area (Å²) < 4.78 is 0. The van der Waals surface area contributed by atoms with Gasteiger partial charge < -0.3 is 10.2 Å². The number of piperazine rings is 1. The van der Waals surface area contributed by atoms with Crippen LogP contribution in [0, 0.1) is 0 Å². The minimum atomic E-state index is 0.149. The molecule has 88 valence electrons. The minimum Gasteiger partial charge on any atom is -0.314 e. The summed E-state index contributed by atoms with van der Waals surface area (Å²) in [7, 11) is 0. The number of nitrogens with one attached hydrogen (secondary N) is 1. The van der Waals surface area contributed by atoms with Crippen molar-refractivity contribution in [2.75, 3.05) is 32.7 Å². The third-order valence-corrected chi connectivity index (χ3v) is 3.54. The van der Waals surface area contributed by atoms with Gasteiger partial charge >= 0.3 is 0 Å². The Morgan fingerprint density at radius 3 is 2.56 bits per heavy atom. The van der Waals surface area contributed by atoms with Crippen molar-refractivity contribution in [3.63, 3.8) is 0 Å². The van der Waals surface area contributed by atoms with Crippen molar-refractivity contribution in [3.05, 3.63) is 35.9 Å². The number of nitrogens with zero attached hydrogens (tertiary/aromatic N) is 1. The van der Waals surface area contributed by atoms with Crippen molar-refractivity contribution in [3.8, 4) is 0 Å². The number of halogens is 1. The van der Waals surface area contributed by atoms with Crippen LogP contribution in [0.5, 0.6) is 0 Å². The van der Waals surface area contributed by atoms with Gasteiger partial charge in [-0.25, -0.2) is 0 Å². The Bertz CT molecular complexity index is 296.